The molecule has 0 aliphatic carbocycles. The second kappa shape index (κ2) is 9.03. The van der Waals surface area contributed by atoms with E-state index < -0.39 is 11.7 Å². The molecule has 3 amide bonds. The fourth-order valence-electron chi connectivity index (χ4n) is 2.30. The lowest BCUT2D eigenvalue weighted by Crippen LogP contribution is -2.33. The number of unbranched alkanes of at least 4 members (excludes halogenated alkanes) is 1. The molecule has 1 aromatic rings. The molecule has 0 bridgehead atoms. The topological polar surface area (TPSA) is 75.7 Å². The van der Waals surface area contributed by atoms with E-state index in [1.807, 2.05) is 0 Å². The minimum Gasteiger partial charge on any atom is -0.444 e. The van der Waals surface area contributed by atoms with E-state index in [9.17, 15) is 18.8 Å². The van der Waals surface area contributed by atoms with Crippen LogP contribution >= 0.6 is 11.8 Å². The Morgan fingerprint density at radius 1 is 1.22 bits per heavy atom. The van der Waals surface area contributed by atoms with Gasteiger partial charge in [0.15, 0.2) is 0 Å². The van der Waals surface area contributed by atoms with E-state index in [0.29, 0.717) is 29.9 Å². The number of carbonyl (C=O) groups excluding carboxylic acids is 3. The Morgan fingerprint density at radius 2 is 1.89 bits per heavy atom. The summed E-state index contributed by atoms with van der Waals surface area (Å²) in [6.45, 7) is 6.03. The first kappa shape index (κ1) is 21.0. The van der Waals surface area contributed by atoms with Crippen LogP contribution in [0.1, 0.15) is 39.2 Å². The third-order valence-corrected chi connectivity index (χ3v) is 4.43. The van der Waals surface area contributed by atoms with Crippen LogP contribution in [0.5, 0.6) is 0 Å². The molecule has 0 unspecified atom stereocenters. The average Bonchev–Trinajstić information content (AvgIpc) is 2.82. The molecule has 0 atom stereocenters. The third-order valence-electron chi connectivity index (χ3n) is 3.52. The van der Waals surface area contributed by atoms with Crippen LogP contribution in [0.25, 0.3) is 6.08 Å². The Hall–Kier alpha value is -2.35. The van der Waals surface area contributed by atoms with Gasteiger partial charge in [-0.05, 0) is 69.1 Å². The molecule has 1 fully saturated rings. The van der Waals surface area contributed by atoms with Gasteiger partial charge in [-0.2, -0.15) is 0 Å². The quantitative estimate of drug-likeness (QED) is 0.579. The van der Waals surface area contributed by atoms with Gasteiger partial charge in [0.2, 0.25) is 0 Å². The van der Waals surface area contributed by atoms with Crippen molar-refractivity contribution in [2.45, 2.75) is 39.2 Å². The van der Waals surface area contributed by atoms with Crippen LogP contribution in [-0.4, -0.2) is 40.8 Å². The van der Waals surface area contributed by atoms with Gasteiger partial charge in [-0.1, -0.05) is 12.1 Å². The van der Waals surface area contributed by atoms with Gasteiger partial charge in [-0.3, -0.25) is 14.5 Å². The van der Waals surface area contributed by atoms with Gasteiger partial charge in [-0.25, -0.2) is 9.18 Å². The van der Waals surface area contributed by atoms with Gasteiger partial charge in [-0.15, -0.1) is 0 Å². The second-order valence-corrected chi connectivity index (χ2v) is 8.01. The summed E-state index contributed by atoms with van der Waals surface area (Å²) in [5.74, 6) is -0.713. The largest absolute Gasteiger partial charge is 0.444 e. The third kappa shape index (κ3) is 6.71. The van der Waals surface area contributed by atoms with Crippen molar-refractivity contribution in [3.8, 4) is 0 Å². The Kier molecular flexibility index (Phi) is 7.01. The number of nitrogens with zero attached hydrogens (tertiary/aromatic N) is 1. The van der Waals surface area contributed by atoms with E-state index in [1.54, 1.807) is 39.0 Å². The first-order valence-electron chi connectivity index (χ1n) is 8.63. The molecule has 146 valence electrons. The highest BCUT2D eigenvalue weighted by Gasteiger charge is 2.34. The number of hydrogen-bond donors (Lipinski definition) is 1. The zero-order chi connectivity index (χ0) is 20.0. The molecule has 1 aromatic carbocycles. The van der Waals surface area contributed by atoms with Crippen LogP contribution in [0.3, 0.4) is 0 Å². The van der Waals surface area contributed by atoms with Gasteiger partial charge >= 0.3 is 6.09 Å². The second-order valence-electron chi connectivity index (χ2n) is 7.02. The molecular weight excluding hydrogens is 371 g/mol. The molecule has 1 heterocycles. The molecule has 0 saturated carbocycles. The van der Waals surface area contributed by atoms with E-state index in [0.717, 1.165) is 11.8 Å². The summed E-state index contributed by atoms with van der Waals surface area (Å²) in [7, 11) is 0. The molecule has 0 radical (unpaired) electrons. The van der Waals surface area contributed by atoms with Crippen molar-refractivity contribution in [2.75, 3.05) is 13.1 Å². The summed E-state index contributed by atoms with van der Waals surface area (Å²) in [6, 6.07) is 5.69. The van der Waals surface area contributed by atoms with Crippen molar-refractivity contribution in [1.82, 2.24) is 10.2 Å². The lowest BCUT2D eigenvalue weighted by Gasteiger charge is -2.19. The van der Waals surface area contributed by atoms with E-state index in [-0.39, 0.29) is 23.5 Å². The number of amides is 3. The molecular formula is C19H23FN2O4S. The summed E-state index contributed by atoms with van der Waals surface area (Å²) < 4.78 is 18.1. The van der Waals surface area contributed by atoms with Crippen molar-refractivity contribution >= 4 is 35.1 Å². The fourth-order valence-corrected chi connectivity index (χ4v) is 3.17. The molecule has 6 nitrogen and oxygen atoms in total. The molecule has 2 rings (SSSR count). The highest BCUT2D eigenvalue weighted by atomic mass is 32.2. The molecule has 1 N–H and O–H groups in total. The summed E-state index contributed by atoms with van der Waals surface area (Å²) in [4.78, 5) is 37.5. The summed E-state index contributed by atoms with van der Waals surface area (Å²) in [5, 5.41) is 2.31. The molecule has 27 heavy (non-hydrogen) atoms. The van der Waals surface area contributed by atoms with Crippen LogP contribution in [0.2, 0.25) is 0 Å². The zero-order valence-corrected chi connectivity index (χ0v) is 16.4. The summed E-state index contributed by atoms with van der Waals surface area (Å²) in [6.07, 6.45) is 2.26. The molecule has 1 aliphatic heterocycles. The molecule has 1 aliphatic rings. The Bertz CT molecular complexity index is 741. The van der Waals surface area contributed by atoms with Crippen molar-refractivity contribution in [3.63, 3.8) is 0 Å². The van der Waals surface area contributed by atoms with Crippen molar-refractivity contribution in [3.05, 3.63) is 40.6 Å². The van der Waals surface area contributed by atoms with Crippen LogP contribution in [-0.2, 0) is 9.53 Å². The van der Waals surface area contributed by atoms with Crippen LogP contribution in [0.4, 0.5) is 14.0 Å². The normalized spacial score (nSPS) is 16.1. The van der Waals surface area contributed by atoms with Crippen molar-refractivity contribution < 1.29 is 23.5 Å². The highest BCUT2D eigenvalue weighted by molar-refractivity contribution is 8.18. The SMILES string of the molecule is CC(C)(C)OC(=O)NCCCCN1C(=O)SC(=Cc2ccc(F)cc2)C1=O. The fraction of sp³-hybridized carbons (Fsp3) is 0.421. The Balaban J connectivity index is 1.79. The maximum atomic E-state index is 12.9. The summed E-state index contributed by atoms with van der Waals surface area (Å²) in [5.41, 5.74) is 0.103. The van der Waals surface area contributed by atoms with E-state index in [4.69, 9.17) is 4.74 Å². The van der Waals surface area contributed by atoms with Crippen LogP contribution in [0.15, 0.2) is 29.2 Å². The molecule has 0 spiro atoms. The van der Waals surface area contributed by atoms with Gasteiger partial charge in [0, 0.05) is 13.1 Å². The van der Waals surface area contributed by atoms with Gasteiger partial charge in [0.25, 0.3) is 11.1 Å². The van der Waals surface area contributed by atoms with E-state index >= 15 is 0 Å². The first-order chi connectivity index (χ1) is 12.7. The number of thioether (sulfide) groups is 1. The highest BCUT2D eigenvalue weighted by Crippen LogP contribution is 2.32. The standard InChI is InChI=1S/C19H23FN2O4S/c1-19(2,3)26-17(24)21-10-4-5-11-22-16(23)15(27-18(22)25)12-13-6-8-14(20)9-7-13/h6-9,12H,4-5,10-11H2,1-3H3,(H,21,24). The van der Waals surface area contributed by atoms with Gasteiger partial charge in [0.05, 0.1) is 4.91 Å². The molecule has 0 aromatic heterocycles. The number of hydrogen-bond acceptors (Lipinski definition) is 5. The number of nitrogens with one attached hydrogen (secondary N) is 1. The predicted octanol–water partition coefficient (Wildman–Crippen LogP) is 4.17. The summed E-state index contributed by atoms with van der Waals surface area (Å²) >= 11 is 0.871. The molecule has 8 heteroatoms. The number of imide groups is 1. The van der Waals surface area contributed by atoms with Crippen molar-refractivity contribution in [2.24, 2.45) is 0 Å². The lowest BCUT2D eigenvalue weighted by molar-refractivity contribution is -0.122. The number of alkyl carbamates (subject to hydrolysis) is 1. The number of rotatable bonds is 6. The number of benzene rings is 1. The zero-order valence-electron chi connectivity index (χ0n) is 15.6. The maximum Gasteiger partial charge on any atom is 0.407 e. The number of carbonyl (C=O) groups is 3. The predicted molar refractivity (Wildman–Crippen MR) is 103 cm³/mol. The Labute approximate surface area is 162 Å². The Morgan fingerprint density at radius 3 is 2.52 bits per heavy atom. The average molecular weight is 394 g/mol. The smallest absolute Gasteiger partial charge is 0.407 e. The number of ether oxygens (including phenoxy) is 1. The van der Waals surface area contributed by atoms with Crippen molar-refractivity contribution in [1.29, 1.82) is 0 Å². The van der Waals surface area contributed by atoms with E-state index in [1.165, 1.54) is 17.0 Å². The van der Waals surface area contributed by atoms with E-state index in [2.05, 4.69) is 5.32 Å². The monoisotopic (exact) mass is 394 g/mol. The maximum absolute atomic E-state index is 12.9. The van der Waals surface area contributed by atoms with Gasteiger partial charge in [0.1, 0.15) is 11.4 Å². The van der Waals surface area contributed by atoms with Crippen LogP contribution in [0, 0.1) is 5.82 Å². The number of halogens is 1. The first-order valence-corrected chi connectivity index (χ1v) is 9.45. The minimum atomic E-state index is -0.553. The molecule has 1 saturated heterocycles. The van der Waals surface area contributed by atoms with Gasteiger partial charge < -0.3 is 10.1 Å². The van der Waals surface area contributed by atoms with Crippen LogP contribution < -0.4 is 5.32 Å². The minimum absolute atomic E-state index is 0.279. The lowest BCUT2D eigenvalue weighted by atomic mass is 10.2.